The molecule has 68 heavy (non-hydrogen) atoms. The Kier molecular flexibility index (Phi) is 30.9. The topological polar surface area (TPSA) is 216 Å². The van der Waals surface area contributed by atoms with E-state index in [-0.39, 0.29) is 59.8 Å². The first kappa shape index (κ1) is 58.8. The normalized spacial score (nSPS) is 20.7. The van der Waals surface area contributed by atoms with Crippen LogP contribution in [0.3, 0.4) is 0 Å². The number of methoxy groups -OCH3 is 2. The van der Waals surface area contributed by atoms with Crippen LogP contribution in [-0.4, -0.2) is 144 Å². The molecule has 5 aliphatic rings. The molecule has 3 aromatic carbocycles. The number of likely N-dealkylation sites (tertiary alicyclic amines) is 4. The number of carbonyl (C=O) groups is 3. The number of nitrogens with zero attached hydrogens (tertiary/aromatic N) is 7. The smallest absolute Gasteiger partial charge is 0.310 e. The number of benzene rings is 3. The Morgan fingerprint density at radius 3 is 1.57 bits per heavy atom. The number of carbonyl (C=O) groups excluding carboxylic acids is 3. The summed E-state index contributed by atoms with van der Waals surface area (Å²) in [4.78, 5) is 40.6. The van der Waals surface area contributed by atoms with Crippen molar-refractivity contribution in [3.63, 3.8) is 0 Å². The Labute approximate surface area is 416 Å². The van der Waals surface area contributed by atoms with E-state index in [1.165, 1.54) is 25.3 Å². The molecule has 3 N–H and O–H groups in total. The second-order valence-electron chi connectivity index (χ2n) is 15.8. The molecule has 370 valence electrons. The molecule has 16 nitrogen and oxygen atoms in total. The first-order chi connectivity index (χ1) is 32.9. The predicted molar refractivity (Wildman–Crippen MR) is 260 cm³/mol. The van der Waals surface area contributed by atoms with E-state index in [0.29, 0.717) is 45.2 Å². The van der Waals surface area contributed by atoms with Gasteiger partial charge in [-0.1, -0.05) is 91.0 Å². The van der Waals surface area contributed by atoms with Gasteiger partial charge in [0.1, 0.15) is 0 Å². The van der Waals surface area contributed by atoms with Gasteiger partial charge in [-0.2, -0.15) is 15.8 Å². The molecule has 0 saturated carbocycles. The van der Waals surface area contributed by atoms with Crippen molar-refractivity contribution in [1.29, 1.82) is 15.8 Å². The van der Waals surface area contributed by atoms with Crippen LogP contribution in [0.2, 0.25) is 0 Å². The fraction of sp³-hybridized carbons (Fsp3) is 0.510. The van der Waals surface area contributed by atoms with Crippen LogP contribution in [0.25, 0.3) is 0 Å². The number of β-amino-alcohol motifs (C(OH)–C–C–N with tert-alkyl or cyclic N) is 2. The summed E-state index contributed by atoms with van der Waals surface area (Å²) >= 11 is 15.1. The highest BCUT2D eigenvalue weighted by atomic mass is 35.5. The van der Waals surface area contributed by atoms with Gasteiger partial charge in [-0.3, -0.25) is 14.4 Å². The molecule has 3 aromatic rings. The van der Waals surface area contributed by atoms with Gasteiger partial charge in [0, 0.05) is 58.1 Å². The van der Waals surface area contributed by atoms with E-state index in [4.69, 9.17) is 65.5 Å². The average molecular weight is 1000 g/mol. The van der Waals surface area contributed by atoms with E-state index in [2.05, 4.69) is 33.1 Å². The highest BCUT2D eigenvalue weighted by Crippen LogP contribution is 2.21. The Morgan fingerprint density at radius 1 is 0.662 bits per heavy atom. The molecule has 0 spiro atoms. The molecule has 5 aliphatic heterocycles. The van der Waals surface area contributed by atoms with Crippen molar-refractivity contribution in [3.05, 3.63) is 108 Å². The average Bonchev–Trinajstić information content (AvgIpc) is 4.26. The number of nitrogens with one attached hydrogen (secondary N) is 1. The van der Waals surface area contributed by atoms with E-state index in [1.54, 1.807) is 19.6 Å². The van der Waals surface area contributed by atoms with E-state index < -0.39 is 0 Å². The van der Waals surface area contributed by atoms with Crippen molar-refractivity contribution >= 4 is 52.6 Å². The Bertz CT molecular complexity index is 1970. The molecular weight excluding hydrogens is 935 g/mol. The first-order valence-electron chi connectivity index (χ1n) is 22.3. The number of alkyl halides is 3. The minimum Gasteiger partial charge on any atom is -0.469 e. The van der Waals surface area contributed by atoms with Crippen LogP contribution in [-0.2, 0) is 47.6 Å². The molecule has 8 rings (SSSR count). The number of hydrogen-bond donors (Lipinski definition) is 3. The van der Waals surface area contributed by atoms with Crippen LogP contribution in [0.15, 0.2) is 91.0 Å². The fourth-order valence-corrected chi connectivity index (χ4v) is 7.22. The minimum atomic E-state index is -0.309. The van der Waals surface area contributed by atoms with Gasteiger partial charge in [-0.25, -0.2) is 0 Å². The standard InChI is InChI=1S/C13H15NO3.C12H14N2O.C7H7Cl.C7H10N2O2.C5H8N2O.C4H9NO.CH2Cl2/c1-17-13(16)11-7-12(15)14(9-11)8-10-5-3-2-4-6-10;13-10-14-7-6-12(8-14)15-9-11-4-2-1-3-5-11;8-6-7-4-2-1-3-5-7;1-11-7(10)6-2-3-9(4-6)5-8;6-4-7-2-1-5(8)3-7;6-4-1-2-5-3-4;2-1-3/h2-6,11H,7-9H2,1H3;1-5,12H,6-9H2;1-5H,6H2;6H,2-4H2,1H3;5,8H,1-3H2;4-6H,1-3H2;1H2. The van der Waals surface area contributed by atoms with E-state index in [0.717, 1.165) is 64.0 Å². The van der Waals surface area contributed by atoms with Gasteiger partial charge in [-0.15, -0.1) is 34.8 Å². The number of hydrogen-bond acceptors (Lipinski definition) is 15. The molecule has 5 fully saturated rings. The van der Waals surface area contributed by atoms with Gasteiger partial charge < -0.3 is 49.3 Å². The number of nitriles is 3. The number of halogens is 3. The lowest BCUT2D eigenvalue weighted by Crippen LogP contribution is -2.26. The summed E-state index contributed by atoms with van der Waals surface area (Å²) < 4.78 is 14.9. The minimum absolute atomic E-state index is 0.0178. The second kappa shape index (κ2) is 35.7. The Morgan fingerprint density at radius 2 is 1.16 bits per heavy atom. The molecule has 5 unspecified atom stereocenters. The SMILES string of the molecule is COC(=O)C1CC(=O)N(Cc2ccccc2)C1.COC(=O)C1CCN(C#N)C1.ClCCl.ClCc1ccccc1.N#CN1CCC(O)C1.N#CN1CCC(OCc2ccccc2)C1.OC1CCNC1. The highest BCUT2D eigenvalue weighted by Gasteiger charge is 2.35. The monoisotopic (exact) mass is 998 g/mol. The van der Waals surface area contributed by atoms with Crippen LogP contribution in [0.4, 0.5) is 0 Å². The van der Waals surface area contributed by atoms with Crippen LogP contribution >= 0.6 is 34.8 Å². The number of rotatable bonds is 8. The van der Waals surface area contributed by atoms with E-state index >= 15 is 0 Å². The summed E-state index contributed by atoms with van der Waals surface area (Å²) in [5, 5.41) is 46.1. The van der Waals surface area contributed by atoms with Crippen molar-refractivity contribution in [3.8, 4) is 18.6 Å². The van der Waals surface area contributed by atoms with Crippen LogP contribution < -0.4 is 5.32 Å². The zero-order chi connectivity index (χ0) is 49.9. The Hall–Kier alpha value is -5.35. The molecule has 0 aromatic heterocycles. The maximum atomic E-state index is 11.7. The second-order valence-corrected chi connectivity index (χ2v) is 16.9. The summed E-state index contributed by atoms with van der Waals surface area (Å²) in [6, 6.07) is 29.8. The third kappa shape index (κ3) is 24.6. The molecule has 19 heteroatoms. The number of amides is 1. The summed E-state index contributed by atoms with van der Waals surface area (Å²) in [6.07, 6.45) is 9.62. The van der Waals surface area contributed by atoms with Crippen molar-refractivity contribution in [2.45, 2.75) is 69.4 Å². The molecular formula is C49H65Cl3N8O8. The number of esters is 2. The molecule has 5 heterocycles. The largest absolute Gasteiger partial charge is 0.469 e. The van der Waals surface area contributed by atoms with Crippen molar-refractivity contribution in [2.75, 3.05) is 78.5 Å². The third-order valence-electron chi connectivity index (χ3n) is 10.8. The quantitative estimate of drug-likeness (QED) is 0.141. The highest BCUT2D eigenvalue weighted by molar-refractivity contribution is 6.40. The summed E-state index contributed by atoms with van der Waals surface area (Å²) in [5.74, 6) is -0.280. The van der Waals surface area contributed by atoms with Gasteiger partial charge in [0.15, 0.2) is 18.6 Å². The molecule has 0 aliphatic carbocycles. The zero-order valence-corrected chi connectivity index (χ0v) is 41.2. The van der Waals surface area contributed by atoms with E-state index in [9.17, 15) is 14.4 Å². The molecule has 0 bridgehead atoms. The summed E-state index contributed by atoms with van der Waals surface area (Å²) in [5.41, 5.74) is 3.44. The predicted octanol–water partition coefficient (Wildman–Crippen LogP) is 5.65. The van der Waals surface area contributed by atoms with Crippen LogP contribution in [0.5, 0.6) is 0 Å². The van der Waals surface area contributed by atoms with Crippen molar-refractivity contribution in [2.24, 2.45) is 11.8 Å². The molecule has 1 amide bonds. The fourth-order valence-electron chi connectivity index (χ4n) is 7.05. The number of aliphatic hydroxyl groups is 2. The Balaban J connectivity index is 0.000000286. The number of ether oxygens (including phenoxy) is 3. The zero-order valence-electron chi connectivity index (χ0n) is 38.9. The maximum absolute atomic E-state index is 11.7. The van der Waals surface area contributed by atoms with Gasteiger partial charge in [0.25, 0.3) is 0 Å². The van der Waals surface area contributed by atoms with Gasteiger partial charge >= 0.3 is 11.9 Å². The molecule has 0 radical (unpaired) electrons. The molecule has 5 saturated heterocycles. The number of aliphatic hydroxyl groups excluding tert-OH is 2. The van der Waals surface area contributed by atoms with Gasteiger partial charge in [-0.05, 0) is 48.9 Å². The lowest BCUT2D eigenvalue weighted by Gasteiger charge is -2.16. The van der Waals surface area contributed by atoms with Crippen molar-refractivity contribution < 1.29 is 38.8 Å². The lowest BCUT2D eigenvalue weighted by molar-refractivity contribution is -0.145. The van der Waals surface area contributed by atoms with Crippen molar-refractivity contribution in [1.82, 2.24) is 24.9 Å². The van der Waals surface area contributed by atoms with Crippen LogP contribution in [0.1, 0.15) is 48.8 Å². The third-order valence-corrected chi connectivity index (χ3v) is 11.1. The lowest BCUT2D eigenvalue weighted by atomic mass is 10.1. The van der Waals surface area contributed by atoms with Gasteiger partial charge in [0.05, 0.1) is 69.4 Å². The van der Waals surface area contributed by atoms with Gasteiger partial charge in [0.2, 0.25) is 5.91 Å². The van der Waals surface area contributed by atoms with Crippen LogP contribution in [0, 0.1) is 46.2 Å². The summed E-state index contributed by atoms with van der Waals surface area (Å²) in [7, 11) is 2.73. The molecule has 5 atom stereocenters. The summed E-state index contributed by atoms with van der Waals surface area (Å²) in [6.45, 7) is 7.45. The van der Waals surface area contributed by atoms with E-state index in [1.807, 2.05) is 91.2 Å². The first-order valence-corrected chi connectivity index (χ1v) is 23.9. The maximum Gasteiger partial charge on any atom is 0.310 e.